The summed E-state index contributed by atoms with van der Waals surface area (Å²) in [5, 5.41) is 15.4. The van der Waals surface area contributed by atoms with E-state index in [9.17, 15) is 9.90 Å². The van der Waals surface area contributed by atoms with Gasteiger partial charge in [-0.3, -0.25) is 4.79 Å². The van der Waals surface area contributed by atoms with E-state index in [4.69, 9.17) is 0 Å². The number of rotatable bonds is 4. The first-order chi connectivity index (χ1) is 9.38. The van der Waals surface area contributed by atoms with E-state index in [-0.39, 0.29) is 17.4 Å². The fourth-order valence-electron chi connectivity index (χ4n) is 2.36. The predicted octanol–water partition coefficient (Wildman–Crippen LogP) is 1.57. The molecule has 1 amide bonds. The second-order valence-corrected chi connectivity index (χ2v) is 6.88. The lowest BCUT2D eigenvalue weighted by Gasteiger charge is -2.26. The Morgan fingerprint density at radius 3 is 2.90 bits per heavy atom. The van der Waals surface area contributed by atoms with E-state index in [1.165, 1.54) is 5.56 Å². The van der Waals surface area contributed by atoms with Crippen molar-refractivity contribution in [2.24, 2.45) is 0 Å². The van der Waals surface area contributed by atoms with E-state index in [1.54, 1.807) is 0 Å². The number of halogens is 1. The largest absolute Gasteiger partial charge is 0.392 e. The second-order valence-electron chi connectivity index (χ2n) is 5.96. The molecule has 2 rings (SSSR count). The number of β-amino-alcohol motifs (C(OH)–C–C–N with tert-alkyl or cyclic N) is 1. The average Bonchev–Trinajstić information content (AvgIpc) is 2.83. The van der Waals surface area contributed by atoms with Gasteiger partial charge in [-0.05, 0) is 24.1 Å². The first-order valence-electron chi connectivity index (χ1n) is 6.84. The van der Waals surface area contributed by atoms with Crippen LogP contribution >= 0.6 is 15.9 Å². The normalized spacial score (nSPS) is 22.8. The van der Waals surface area contributed by atoms with Gasteiger partial charge in [-0.15, -0.1) is 0 Å². The molecule has 0 bridgehead atoms. The molecule has 1 aliphatic heterocycles. The molecule has 110 valence electrons. The fraction of sp³-hybridized carbons (Fsp3) is 0.533. The van der Waals surface area contributed by atoms with Crippen molar-refractivity contribution in [1.82, 2.24) is 10.6 Å². The lowest BCUT2D eigenvalue weighted by Crippen LogP contribution is -2.45. The summed E-state index contributed by atoms with van der Waals surface area (Å²) < 4.78 is 1.04. The first kappa shape index (κ1) is 15.5. The number of aliphatic hydroxyl groups excluding tert-OH is 1. The highest BCUT2D eigenvalue weighted by atomic mass is 79.9. The number of nitrogens with one attached hydrogen (secondary N) is 2. The Labute approximate surface area is 128 Å². The maximum absolute atomic E-state index is 12.0. The Morgan fingerprint density at radius 2 is 2.30 bits per heavy atom. The molecular formula is C15H21BrN2O2. The zero-order chi connectivity index (χ0) is 14.8. The third-order valence-electron chi connectivity index (χ3n) is 3.73. The maximum Gasteiger partial charge on any atom is 0.237 e. The van der Waals surface area contributed by atoms with Gasteiger partial charge in [0.2, 0.25) is 5.91 Å². The van der Waals surface area contributed by atoms with Gasteiger partial charge in [-0.1, -0.05) is 41.9 Å². The van der Waals surface area contributed by atoms with Crippen LogP contribution in [0.3, 0.4) is 0 Å². The Kier molecular flexibility index (Phi) is 4.83. The summed E-state index contributed by atoms with van der Waals surface area (Å²) in [6.07, 6.45) is 0.0761. The van der Waals surface area contributed by atoms with Crippen LogP contribution < -0.4 is 10.6 Å². The minimum Gasteiger partial charge on any atom is -0.392 e. The molecule has 1 fully saturated rings. The predicted molar refractivity (Wildman–Crippen MR) is 82.6 cm³/mol. The summed E-state index contributed by atoms with van der Waals surface area (Å²) in [4.78, 5) is 12.0. The number of hydrogen-bond donors (Lipinski definition) is 3. The molecule has 20 heavy (non-hydrogen) atoms. The van der Waals surface area contributed by atoms with Gasteiger partial charge in [0, 0.05) is 23.0 Å². The quantitative estimate of drug-likeness (QED) is 0.779. The first-order valence-corrected chi connectivity index (χ1v) is 7.63. The van der Waals surface area contributed by atoms with Gasteiger partial charge in [0.05, 0.1) is 12.1 Å². The third-order valence-corrected chi connectivity index (χ3v) is 4.23. The smallest absolute Gasteiger partial charge is 0.237 e. The topological polar surface area (TPSA) is 61.4 Å². The molecule has 0 aliphatic carbocycles. The van der Waals surface area contributed by atoms with E-state index < -0.39 is 6.10 Å². The van der Waals surface area contributed by atoms with Crippen LogP contribution in [0.4, 0.5) is 0 Å². The monoisotopic (exact) mass is 340 g/mol. The Balaban J connectivity index is 1.93. The number of carbonyl (C=O) groups is 1. The number of hydrogen-bond acceptors (Lipinski definition) is 3. The van der Waals surface area contributed by atoms with Crippen LogP contribution in [-0.4, -0.2) is 36.2 Å². The van der Waals surface area contributed by atoms with Gasteiger partial charge in [-0.25, -0.2) is 0 Å². The molecule has 2 atom stereocenters. The summed E-state index contributed by atoms with van der Waals surface area (Å²) >= 11 is 3.47. The number of aliphatic hydroxyl groups is 1. The zero-order valence-corrected chi connectivity index (χ0v) is 13.4. The summed E-state index contributed by atoms with van der Waals surface area (Å²) in [6.45, 7) is 5.27. The second kappa shape index (κ2) is 6.24. The van der Waals surface area contributed by atoms with E-state index in [0.29, 0.717) is 19.5 Å². The van der Waals surface area contributed by atoms with Crippen molar-refractivity contribution in [3.8, 4) is 0 Å². The van der Waals surface area contributed by atoms with Gasteiger partial charge in [0.25, 0.3) is 0 Å². The molecular weight excluding hydrogens is 320 g/mol. The van der Waals surface area contributed by atoms with Gasteiger partial charge in [0.15, 0.2) is 0 Å². The molecule has 0 saturated carbocycles. The van der Waals surface area contributed by atoms with Crippen molar-refractivity contribution in [2.45, 2.75) is 37.8 Å². The Bertz CT molecular complexity index is 491. The summed E-state index contributed by atoms with van der Waals surface area (Å²) in [5.41, 5.74) is 1.03. The standard InChI is InChI=1S/C15H21BrN2O2/c1-15(2,10-4-3-5-11(16)6-10)9-18-14(20)13-7-12(19)8-17-13/h3-6,12-13,17,19H,7-9H2,1-2H3,(H,18,20)/t12-,13+/m0/s1. The van der Waals surface area contributed by atoms with Crippen molar-refractivity contribution in [1.29, 1.82) is 0 Å². The molecule has 3 N–H and O–H groups in total. The SMILES string of the molecule is CC(C)(CNC(=O)[C@H]1C[C@H](O)CN1)c1cccc(Br)c1. The lowest BCUT2D eigenvalue weighted by atomic mass is 9.84. The highest BCUT2D eigenvalue weighted by Crippen LogP contribution is 2.25. The summed E-state index contributed by atoms with van der Waals surface area (Å²) in [5.74, 6) is -0.0374. The van der Waals surface area contributed by atoms with Crippen LogP contribution in [0.15, 0.2) is 28.7 Å². The van der Waals surface area contributed by atoms with Crippen LogP contribution in [0.25, 0.3) is 0 Å². The van der Waals surface area contributed by atoms with Crippen molar-refractivity contribution in [3.05, 3.63) is 34.3 Å². The molecule has 1 aromatic rings. The molecule has 1 aliphatic rings. The van der Waals surface area contributed by atoms with Crippen LogP contribution in [0, 0.1) is 0 Å². The molecule has 1 aromatic carbocycles. The van der Waals surface area contributed by atoms with E-state index in [1.807, 2.05) is 12.1 Å². The zero-order valence-electron chi connectivity index (χ0n) is 11.8. The van der Waals surface area contributed by atoms with Crippen LogP contribution in [0.1, 0.15) is 25.8 Å². The lowest BCUT2D eigenvalue weighted by molar-refractivity contribution is -0.123. The van der Waals surface area contributed by atoms with E-state index in [2.05, 4.69) is 52.5 Å². The van der Waals surface area contributed by atoms with E-state index >= 15 is 0 Å². The van der Waals surface area contributed by atoms with Crippen LogP contribution in [0.5, 0.6) is 0 Å². The van der Waals surface area contributed by atoms with Crippen LogP contribution in [-0.2, 0) is 10.2 Å². The molecule has 1 saturated heterocycles. The van der Waals surface area contributed by atoms with Gasteiger partial charge in [-0.2, -0.15) is 0 Å². The van der Waals surface area contributed by atoms with Gasteiger partial charge >= 0.3 is 0 Å². The highest BCUT2D eigenvalue weighted by Gasteiger charge is 2.29. The van der Waals surface area contributed by atoms with Gasteiger partial charge < -0.3 is 15.7 Å². The highest BCUT2D eigenvalue weighted by molar-refractivity contribution is 9.10. The third kappa shape index (κ3) is 3.81. The summed E-state index contributed by atoms with van der Waals surface area (Å²) in [7, 11) is 0. The fourth-order valence-corrected chi connectivity index (χ4v) is 2.76. The van der Waals surface area contributed by atoms with Gasteiger partial charge in [0.1, 0.15) is 0 Å². The van der Waals surface area contributed by atoms with Crippen molar-refractivity contribution >= 4 is 21.8 Å². The number of benzene rings is 1. The summed E-state index contributed by atoms with van der Waals surface area (Å²) in [6, 6.07) is 7.85. The molecule has 0 aromatic heterocycles. The Hall–Kier alpha value is -0.910. The molecule has 5 heteroatoms. The van der Waals surface area contributed by atoms with Crippen molar-refractivity contribution in [2.75, 3.05) is 13.1 Å². The van der Waals surface area contributed by atoms with Crippen molar-refractivity contribution in [3.63, 3.8) is 0 Å². The molecule has 0 radical (unpaired) electrons. The maximum atomic E-state index is 12.0. The minimum absolute atomic E-state index is 0.0374. The molecule has 4 nitrogen and oxygen atoms in total. The van der Waals surface area contributed by atoms with E-state index in [0.717, 1.165) is 4.47 Å². The van der Waals surface area contributed by atoms with Crippen LogP contribution in [0.2, 0.25) is 0 Å². The molecule has 0 unspecified atom stereocenters. The van der Waals surface area contributed by atoms with Crippen molar-refractivity contribution < 1.29 is 9.90 Å². The minimum atomic E-state index is -0.413. The number of amides is 1. The molecule has 0 spiro atoms. The molecule has 1 heterocycles. The average molecular weight is 341 g/mol. The Morgan fingerprint density at radius 1 is 1.55 bits per heavy atom. The number of carbonyl (C=O) groups excluding carboxylic acids is 1.